The second-order valence-corrected chi connectivity index (χ2v) is 5.01. The Balaban J connectivity index is 2.26. The van der Waals surface area contributed by atoms with Crippen LogP contribution in [0.3, 0.4) is 0 Å². The van der Waals surface area contributed by atoms with Crippen LogP contribution in [-0.2, 0) is 9.59 Å². The van der Waals surface area contributed by atoms with E-state index in [0.29, 0.717) is 6.42 Å². The molecule has 0 atom stereocenters. The Morgan fingerprint density at radius 2 is 1.86 bits per heavy atom. The van der Waals surface area contributed by atoms with E-state index in [1.54, 1.807) is 0 Å². The molecule has 1 aliphatic carbocycles. The molecule has 0 aromatic heterocycles. The van der Waals surface area contributed by atoms with Gasteiger partial charge in [-0.25, -0.2) is 0 Å². The van der Waals surface area contributed by atoms with Gasteiger partial charge >= 0.3 is 6.61 Å². The van der Waals surface area contributed by atoms with Crippen molar-refractivity contribution in [3.05, 3.63) is 28.8 Å². The Labute approximate surface area is 124 Å². The smallest absolute Gasteiger partial charge is 0.387 e. The Morgan fingerprint density at radius 3 is 2.38 bits per heavy atom. The van der Waals surface area contributed by atoms with E-state index in [4.69, 9.17) is 11.6 Å². The summed E-state index contributed by atoms with van der Waals surface area (Å²) in [5.74, 6) is -3.09. The van der Waals surface area contributed by atoms with Crippen LogP contribution in [0.4, 0.5) is 8.78 Å². The lowest BCUT2D eigenvalue weighted by molar-refractivity contribution is -0.133. The van der Waals surface area contributed by atoms with Gasteiger partial charge in [0.1, 0.15) is 11.7 Å². The van der Waals surface area contributed by atoms with Crippen molar-refractivity contribution in [3.63, 3.8) is 0 Å². The van der Waals surface area contributed by atoms with E-state index in [1.165, 1.54) is 6.07 Å². The topological polar surface area (TPSA) is 60.4 Å². The molecule has 7 heteroatoms. The van der Waals surface area contributed by atoms with Crippen molar-refractivity contribution in [1.29, 1.82) is 0 Å². The molecule has 1 aromatic rings. The van der Waals surface area contributed by atoms with Crippen molar-refractivity contribution in [1.82, 2.24) is 0 Å². The molecule has 0 bridgehead atoms. The fourth-order valence-corrected chi connectivity index (χ4v) is 2.49. The Hall–Kier alpha value is -1.82. The third-order valence-corrected chi connectivity index (χ3v) is 3.50. The van der Waals surface area contributed by atoms with Crippen LogP contribution in [-0.4, -0.2) is 24.0 Å². The van der Waals surface area contributed by atoms with E-state index in [9.17, 15) is 23.2 Å². The molecule has 112 valence electrons. The van der Waals surface area contributed by atoms with Gasteiger partial charge in [-0.2, -0.15) is 8.78 Å². The summed E-state index contributed by atoms with van der Waals surface area (Å²) in [5, 5.41) is -0.135. The number of alkyl halides is 2. The minimum Gasteiger partial charge on any atom is -0.435 e. The van der Waals surface area contributed by atoms with Gasteiger partial charge < -0.3 is 4.74 Å². The Morgan fingerprint density at radius 1 is 1.24 bits per heavy atom. The molecular weight excluding hydrogens is 306 g/mol. The van der Waals surface area contributed by atoms with Gasteiger partial charge in [-0.15, -0.1) is 0 Å². The quantitative estimate of drug-likeness (QED) is 0.632. The lowest BCUT2D eigenvalue weighted by Crippen LogP contribution is -2.35. The van der Waals surface area contributed by atoms with Crippen LogP contribution in [0.15, 0.2) is 18.2 Å². The molecule has 1 aromatic carbocycles. The first-order valence-electron chi connectivity index (χ1n) is 6.24. The molecule has 0 heterocycles. The van der Waals surface area contributed by atoms with Crippen LogP contribution < -0.4 is 4.74 Å². The maximum atomic E-state index is 12.3. The van der Waals surface area contributed by atoms with Crippen molar-refractivity contribution in [2.45, 2.75) is 25.9 Å². The predicted octanol–water partition coefficient (Wildman–Crippen LogP) is 3.06. The van der Waals surface area contributed by atoms with Crippen LogP contribution in [0.1, 0.15) is 29.6 Å². The van der Waals surface area contributed by atoms with Gasteiger partial charge in [-0.05, 0) is 24.6 Å². The molecule has 0 radical (unpaired) electrons. The normalized spacial score (nSPS) is 16.4. The number of hydrogen-bond donors (Lipinski definition) is 0. The maximum absolute atomic E-state index is 12.3. The number of halogens is 3. The minimum atomic E-state index is -3.01. The third kappa shape index (κ3) is 3.44. The lowest BCUT2D eigenvalue weighted by atomic mass is 9.81. The number of hydrogen-bond acceptors (Lipinski definition) is 4. The molecule has 0 N–H and O–H groups in total. The molecule has 4 nitrogen and oxygen atoms in total. The van der Waals surface area contributed by atoms with Gasteiger partial charge in [0.15, 0.2) is 17.3 Å². The molecule has 1 aliphatic rings. The largest absolute Gasteiger partial charge is 0.435 e. The zero-order valence-corrected chi connectivity index (χ0v) is 11.5. The summed E-state index contributed by atoms with van der Waals surface area (Å²) in [6.07, 6.45) is 0.787. The van der Waals surface area contributed by atoms with Crippen LogP contribution in [0.5, 0.6) is 5.75 Å². The fourth-order valence-electron chi connectivity index (χ4n) is 2.22. The summed E-state index contributed by atoms with van der Waals surface area (Å²) in [6, 6.07) is 3.37. The number of carbonyl (C=O) groups excluding carboxylic acids is 3. The van der Waals surface area contributed by atoms with Crippen molar-refractivity contribution in [2.24, 2.45) is 5.92 Å². The van der Waals surface area contributed by atoms with Gasteiger partial charge in [0, 0.05) is 18.4 Å². The number of ether oxygens (including phenoxy) is 1. The monoisotopic (exact) mass is 316 g/mol. The fraction of sp³-hybridized carbons (Fsp3) is 0.357. The molecule has 1 saturated carbocycles. The van der Waals surface area contributed by atoms with Crippen molar-refractivity contribution < 1.29 is 27.9 Å². The summed E-state index contributed by atoms with van der Waals surface area (Å²) in [4.78, 5) is 35.7. The lowest BCUT2D eigenvalue weighted by Gasteiger charge is -2.18. The first-order valence-corrected chi connectivity index (χ1v) is 6.62. The van der Waals surface area contributed by atoms with Crippen LogP contribution >= 0.6 is 11.6 Å². The summed E-state index contributed by atoms with van der Waals surface area (Å²) < 4.78 is 28.3. The second-order valence-electron chi connectivity index (χ2n) is 4.60. The highest BCUT2D eigenvalue weighted by molar-refractivity contribution is 6.36. The molecular formula is C14H11ClF2O4. The van der Waals surface area contributed by atoms with Gasteiger partial charge in [0.05, 0.1) is 5.02 Å². The molecule has 0 unspecified atom stereocenters. The maximum Gasteiger partial charge on any atom is 0.387 e. The third-order valence-electron chi connectivity index (χ3n) is 3.18. The summed E-state index contributed by atoms with van der Waals surface area (Å²) >= 11 is 5.85. The summed E-state index contributed by atoms with van der Waals surface area (Å²) in [6.45, 7) is -3.01. The first-order chi connectivity index (χ1) is 9.90. The van der Waals surface area contributed by atoms with Crippen molar-refractivity contribution in [2.75, 3.05) is 0 Å². The first kappa shape index (κ1) is 15.6. The number of benzene rings is 1. The number of Topliss-reactive ketones (excluding diaryl/α,β-unsaturated/α-hetero) is 3. The molecule has 1 fully saturated rings. The zero-order chi connectivity index (χ0) is 15.6. The van der Waals surface area contributed by atoms with E-state index in [0.717, 1.165) is 12.1 Å². The zero-order valence-electron chi connectivity index (χ0n) is 10.8. The van der Waals surface area contributed by atoms with E-state index in [1.807, 2.05) is 0 Å². The number of carbonyl (C=O) groups is 3. The molecule has 21 heavy (non-hydrogen) atoms. The average molecular weight is 317 g/mol. The highest BCUT2D eigenvalue weighted by Gasteiger charge is 2.37. The van der Waals surface area contributed by atoms with E-state index >= 15 is 0 Å². The Kier molecular flexibility index (Phi) is 4.67. The molecule has 2 rings (SSSR count). The number of rotatable bonds is 4. The van der Waals surface area contributed by atoms with Gasteiger partial charge in [-0.1, -0.05) is 11.6 Å². The predicted molar refractivity (Wildman–Crippen MR) is 69.8 cm³/mol. The highest BCUT2D eigenvalue weighted by Crippen LogP contribution is 2.28. The average Bonchev–Trinajstić information content (AvgIpc) is 2.37. The molecule has 0 saturated heterocycles. The van der Waals surface area contributed by atoms with Crippen molar-refractivity contribution >= 4 is 29.0 Å². The van der Waals surface area contributed by atoms with Gasteiger partial charge in [0.2, 0.25) is 0 Å². The molecule has 0 amide bonds. The van der Waals surface area contributed by atoms with E-state index in [2.05, 4.69) is 4.74 Å². The summed E-state index contributed by atoms with van der Waals surface area (Å²) in [7, 11) is 0. The SMILES string of the molecule is O=C1CCCC(=O)C1C(=O)c1ccc(OC(F)F)cc1Cl. The number of ketones is 3. The minimum absolute atomic E-state index is 0.0492. The van der Waals surface area contributed by atoms with Crippen molar-refractivity contribution in [3.8, 4) is 5.75 Å². The van der Waals surface area contributed by atoms with Crippen LogP contribution in [0.25, 0.3) is 0 Å². The molecule has 0 aliphatic heterocycles. The summed E-state index contributed by atoms with van der Waals surface area (Å²) in [5.41, 5.74) is -0.0492. The standard InChI is InChI=1S/C14H11ClF2O4/c15-9-6-7(21-14(16)17)4-5-8(9)13(20)12-10(18)2-1-3-11(12)19/h4-6,12,14H,1-3H2. The van der Waals surface area contributed by atoms with E-state index < -0.39 is 29.9 Å². The van der Waals surface area contributed by atoms with Gasteiger partial charge in [0.25, 0.3) is 0 Å². The van der Waals surface area contributed by atoms with E-state index in [-0.39, 0.29) is 29.2 Å². The Bertz CT molecular complexity index is 585. The van der Waals surface area contributed by atoms with Gasteiger partial charge in [-0.3, -0.25) is 14.4 Å². The van der Waals surface area contributed by atoms with Crippen LogP contribution in [0, 0.1) is 5.92 Å². The molecule has 0 spiro atoms. The second kappa shape index (κ2) is 6.30. The van der Waals surface area contributed by atoms with Crippen LogP contribution in [0.2, 0.25) is 5.02 Å². The highest BCUT2D eigenvalue weighted by atomic mass is 35.5.